The molecule has 2 rings (SSSR count). The Kier molecular flexibility index (Phi) is 5.60. The van der Waals surface area contributed by atoms with E-state index in [-0.39, 0.29) is 0 Å². The first kappa shape index (κ1) is 20.2. The molecular weight excluding hydrogens is 367 g/mol. The fourth-order valence-electron chi connectivity index (χ4n) is 2.46. The lowest BCUT2D eigenvalue weighted by molar-refractivity contribution is -0.0172. The van der Waals surface area contributed by atoms with E-state index in [9.17, 15) is 23.8 Å². The van der Waals surface area contributed by atoms with E-state index in [1.165, 1.54) is 24.6 Å². The smallest absolute Gasteiger partial charge is 0.437 e. The van der Waals surface area contributed by atoms with E-state index >= 15 is 0 Å². The summed E-state index contributed by atoms with van der Waals surface area (Å²) in [6.07, 6.45) is 3.19. The Labute approximate surface area is 148 Å². The molecule has 0 saturated heterocycles. The highest BCUT2D eigenvalue weighted by molar-refractivity contribution is 7.54. The summed E-state index contributed by atoms with van der Waals surface area (Å²) in [5.74, 6) is 0. The van der Waals surface area contributed by atoms with Gasteiger partial charge < -0.3 is 18.9 Å². The minimum atomic E-state index is -4.48. The van der Waals surface area contributed by atoms with Gasteiger partial charge in [0.1, 0.15) is 0 Å². The summed E-state index contributed by atoms with van der Waals surface area (Å²) < 4.78 is 27.9. The number of allylic oxidation sites excluding steroid dienone is 1. The van der Waals surface area contributed by atoms with Gasteiger partial charge in [-0.3, -0.25) is 14.3 Å². The highest BCUT2D eigenvalue weighted by Crippen LogP contribution is 2.56. The number of methoxy groups -OCH3 is 1. The third-order valence-corrected chi connectivity index (χ3v) is 5.87. The van der Waals surface area contributed by atoms with Crippen LogP contribution in [0.25, 0.3) is 0 Å². The van der Waals surface area contributed by atoms with Gasteiger partial charge in [0.05, 0.1) is 19.3 Å². The molecule has 0 amide bonds. The van der Waals surface area contributed by atoms with Gasteiger partial charge in [-0.2, -0.15) is 0 Å². The highest BCUT2D eigenvalue weighted by Gasteiger charge is 2.47. The number of H-pyrrole nitrogens is 1. The molecule has 1 heterocycles. The Morgan fingerprint density at radius 2 is 2.04 bits per heavy atom. The van der Waals surface area contributed by atoms with Gasteiger partial charge in [-0.25, -0.2) is 14.2 Å². The molecule has 0 fully saturated rings. The zero-order valence-electron chi connectivity index (χ0n) is 14.8. The van der Waals surface area contributed by atoms with Crippen molar-refractivity contribution in [1.82, 2.24) is 9.55 Å². The van der Waals surface area contributed by atoms with Crippen molar-refractivity contribution in [3.63, 3.8) is 0 Å². The number of nitrogens with zero attached hydrogens (tertiary/aromatic N) is 1. The maximum Gasteiger partial charge on any atom is 0.514 e. The van der Waals surface area contributed by atoms with Crippen LogP contribution in [0.1, 0.15) is 31.9 Å². The number of carbonyl (C=O) groups excluding carboxylic acids is 1. The maximum atomic E-state index is 12.3. The minimum absolute atomic E-state index is 0.299. The second kappa shape index (κ2) is 7.22. The zero-order chi connectivity index (χ0) is 19.7. The molecule has 11 heteroatoms. The summed E-state index contributed by atoms with van der Waals surface area (Å²) in [6.45, 7) is 4.21. The molecule has 1 aromatic rings. The van der Waals surface area contributed by atoms with Crippen LogP contribution >= 0.6 is 7.60 Å². The van der Waals surface area contributed by atoms with Crippen LogP contribution in [0.3, 0.4) is 0 Å². The number of hydrogen-bond donors (Lipinski definition) is 2. The van der Waals surface area contributed by atoms with Crippen LogP contribution in [0.2, 0.25) is 0 Å². The maximum absolute atomic E-state index is 12.3. The molecule has 2 N–H and O–H groups in total. The number of aromatic amines is 1. The fraction of sp³-hybridized carbons (Fsp3) is 0.533. The van der Waals surface area contributed by atoms with E-state index in [4.69, 9.17) is 4.74 Å². The number of ether oxygens (including phenoxy) is 2. The number of aromatic nitrogens is 2. The first-order valence-electron chi connectivity index (χ1n) is 7.75. The van der Waals surface area contributed by atoms with Crippen molar-refractivity contribution in [3.8, 4) is 0 Å². The standard InChI is InChI=1S/C15H21N2O8P/c1-9-8-17(13(19)16-12(9)18)10-5-6-11(7-10)24-15(2,3)26(21,22)25-14(20)23-4/h5-6,8,10-11H,7H2,1-4H3,(H,21,22)(H,16,18,19)/t10-,11+/m0/s1. The molecule has 0 bridgehead atoms. The average molecular weight is 388 g/mol. The quantitative estimate of drug-likeness (QED) is 0.439. The molecule has 1 aliphatic carbocycles. The third kappa shape index (κ3) is 4.14. The van der Waals surface area contributed by atoms with Gasteiger partial charge in [-0.15, -0.1) is 0 Å². The number of rotatable bonds is 5. The lowest BCUT2D eigenvalue weighted by Gasteiger charge is -2.31. The molecule has 10 nitrogen and oxygen atoms in total. The van der Waals surface area contributed by atoms with E-state index in [0.717, 1.165) is 7.11 Å². The summed E-state index contributed by atoms with van der Waals surface area (Å²) in [5, 5.41) is -1.70. The molecule has 1 aliphatic rings. The molecular formula is C15H21N2O8P. The van der Waals surface area contributed by atoms with E-state index in [2.05, 4.69) is 14.2 Å². The van der Waals surface area contributed by atoms with Crippen molar-refractivity contribution in [3.05, 3.63) is 44.8 Å². The Morgan fingerprint density at radius 3 is 2.65 bits per heavy atom. The highest BCUT2D eigenvalue weighted by atomic mass is 31.2. The van der Waals surface area contributed by atoms with Crippen molar-refractivity contribution in [2.45, 2.75) is 44.7 Å². The van der Waals surface area contributed by atoms with Crippen molar-refractivity contribution < 1.29 is 28.3 Å². The molecule has 0 spiro atoms. The van der Waals surface area contributed by atoms with E-state index in [1.807, 2.05) is 0 Å². The van der Waals surface area contributed by atoms with Gasteiger partial charge in [0.25, 0.3) is 5.56 Å². The Hall–Kier alpha value is -2.16. The predicted octanol–water partition coefficient (Wildman–Crippen LogP) is 1.44. The number of aryl methyl sites for hydroxylation is 1. The molecule has 26 heavy (non-hydrogen) atoms. The van der Waals surface area contributed by atoms with Gasteiger partial charge in [-0.05, 0) is 20.8 Å². The van der Waals surface area contributed by atoms with Gasteiger partial charge in [0.2, 0.25) is 0 Å². The molecule has 144 valence electrons. The van der Waals surface area contributed by atoms with Crippen LogP contribution in [0.5, 0.6) is 0 Å². The number of carbonyl (C=O) groups is 1. The van der Waals surface area contributed by atoms with E-state index in [0.29, 0.717) is 12.0 Å². The predicted molar refractivity (Wildman–Crippen MR) is 91.1 cm³/mol. The molecule has 3 atom stereocenters. The molecule has 1 aromatic heterocycles. The van der Waals surface area contributed by atoms with Crippen LogP contribution in [0.15, 0.2) is 27.9 Å². The monoisotopic (exact) mass is 388 g/mol. The molecule has 0 aromatic carbocycles. The summed E-state index contributed by atoms with van der Waals surface area (Å²) in [6, 6.07) is -0.390. The summed E-state index contributed by atoms with van der Waals surface area (Å²) in [4.78, 5) is 46.8. The average Bonchev–Trinajstić information content (AvgIpc) is 2.97. The summed E-state index contributed by atoms with van der Waals surface area (Å²) in [5.41, 5.74) is -0.630. The van der Waals surface area contributed by atoms with Crippen molar-refractivity contribution in [1.29, 1.82) is 0 Å². The van der Waals surface area contributed by atoms with E-state index < -0.39 is 42.5 Å². The zero-order valence-corrected chi connectivity index (χ0v) is 15.7. The molecule has 0 aliphatic heterocycles. The lowest BCUT2D eigenvalue weighted by atomic mass is 10.2. The largest absolute Gasteiger partial charge is 0.514 e. The van der Waals surface area contributed by atoms with Crippen LogP contribution < -0.4 is 11.2 Å². The van der Waals surface area contributed by atoms with Crippen LogP contribution in [0, 0.1) is 6.92 Å². The number of hydrogen-bond acceptors (Lipinski definition) is 7. The minimum Gasteiger partial charge on any atom is -0.437 e. The second-order valence-corrected chi connectivity index (χ2v) is 8.64. The first-order chi connectivity index (χ1) is 12.0. The molecule has 0 saturated carbocycles. The number of nitrogens with one attached hydrogen (secondary N) is 1. The van der Waals surface area contributed by atoms with Crippen molar-refractivity contribution in [2.24, 2.45) is 0 Å². The van der Waals surface area contributed by atoms with Crippen LogP contribution in [-0.4, -0.2) is 39.2 Å². The Balaban J connectivity index is 2.12. The molecule has 1 unspecified atom stereocenters. The third-order valence-electron chi connectivity index (χ3n) is 4.01. The fourth-order valence-corrected chi connectivity index (χ4v) is 3.22. The van der Waals surface area contributed by atoms with Gasteiger partial charge in [0, 0.05) is 18.2 Å². The van der Waals surface area contributed by atoms with Crippen LogP contribution in [-0.2, 0) is 18.6 Å². The van der Waals surface area contributed by atoms with Crippen molar-refractivity contribution >= 4 is 13.8 Å². The lowest BCUT2D eigenvalue weighted by Crippen LogP contribution is -2.34. The topological polar surface area (TPSA) is 137 Å². The van der Waals surface area contributed by atoms with E-state index in [1.54, 1.807) is 19.1 Å². The van der Waals surface area contributed by atoms with Gasteiger partial charge in [0.15, 0.2) is 5.34 Å². The Morgan fingerprint density at radius 1 is 1.38 bits per heavy atom. The second-order valence-electron chi connectivity index (χ2n) is 6.34. The SMILES string of the molecule is COC(=O)OP(=O)(O)C(C)(C)O[C@@H]1C=C[C@H](n2cc(C)c(=O)[nH]c2=O)C1. The molecule has 0 radical (unpaired) electrons. The summed E-state index contributed by atoms with van der Waals surface area (Å²) >= 11 is 0. The van der Waals surface area contributed by atoms with Gasteiger partial charge in [-0.1, -0.05) is 12.2 Å². The van der Waals surface area contributed by atoms with Crippen LogP contribution in [0.4, 0.5) is 4.79 Å². The van der Waals surface area contributed by atoms with Gasteiger partial charge >= 0.3 is 19.4 Å². The normalized spacial score (nSPS) is 22.0. The van der Waals surface area contributed by atoms with Crippen molar-refractivity contribution in [2.75, 3.05) is 7.11 Å². The first-order valence-corrected chi connectivity index (χ1v) is 9.33. The summed E-state index contributed by atoms with van der Waals surface area (Å²) in [7, 11) is -3.46. The Bertz CT molecular complexity index is 884.